The molecule has 0 saturated heterocycles. The van der Waals surface area contributed by atoms with Gasteiger partial charge in [-0.15, -0.1) is 11.3 Å². The number of carbonyl (C=O) groups is 2. The van der Waals surface area contributed by atoms with Crippen LogP contribution in [0, 0.1) is 6.92 Å². The van der Waals surface area contributed by atoms with Crippen molar-refractivity contribution in [2.75, 3.05) is 17.7 Å². The Morgan fingerprint density at radius 2 is 1.89 bits per heavy atom. The first-order valence-corrected chi connectivity index (χ1v) is 9.60. The molecule has 0 radical (unpaired) electrons. The predicted octanol–water partition coefficient (Wildman–Crippen LogP) is 5.13. The molecule has 0 aliphatic heterocycles. The number of hydrogen-bond donors (Lipinski definition) is 2. The van der Waals surface area contributed by atoms with E-state index >= 15 is 0 Å². The van der Waals surface area contributed by atoms with E-state index in [-0.39, 0.29) is 5.91 Å². The predicted molar refractivity (Wildman–Crippen MR) is 112 cm³/mol. The molecule has 0 aliphatic carbocycles. The number of aromatic nitrogens is 1. The first-order chi connectivity index (χ1) is 13.4. The fraction of sp³-hybridized carbons (Fsp3) is 0.150. The third-order valence-electron chi connectivity index (χ3n) is 3.97. The van der Waals surface area contributed by atoms with Gasteiger partial charge in [-0.1, -0.05) is 23.7 Å². The molecule has 0 aliphatic rings. The van der Waals surface area contributed by atoms with Crippen LogP contribution >= 0.6 is 22.9 Å². The average Bonchev–Trinajstić information content (AvgIpc) is 3.12. The van der Waals surface area contributed by atoms with Crippen molar-refractivity contribution in [2.24, 2.45) is 0 Å². The van der Waals surface area contributed by atoms with Crippen molar-refractivity contribution in [3.63, 3.8) is 0 Å². The van der Waals surface area contributed by atoms with Gasteiger partial charge in [-0.25, -0.2) is 9.78 Å². The zero-order chi connectivity index (χ0) is 20.1. The fourth-order valence-corrected chi connectivity index (χ4v) is 3.48. The lowest BCUT2D eigenvalue weighted by Gasteiger charge is -2.05. The summed E-state index contributed by atoms with van der Waals surface area (Å²) in [6, 6.07) is 12.4. The monoisotopic (exact) mass is 415 g/mol. The number of carbonyl (C=O) groups excluding carboxylic acids is 2. The van der Waals surface area contributed by atoms with E-state index in [2.05, 4.69) is 20.4 Å². The van der Waals surface area contributed by atoms with Crippen LogP contribution in [0.4, 0.5) is 15.6 Å². The molecule has 0 bridgehead atoms. The van der Waals surface area contributed by atoms with E-state index in [1.165, 1.54) is 18.4 Å². The molecule has 0 saturated carbocycles. The number of nitrogens with zero attached hydrogens (tertiary/aromatic N) is 1. The van der Waals surface area contributed by atoms with Gasteiger partial charge in [-0.3, -0.25) is 15.4 Å². The van der Waals surface area contributed by atoms with Crippen molar-refractivity contribution in [3.05, 3.63) is 75.3 Å². The Bertz CT molecular complexity index is 1000. The molecule has 2 aromatic carbocycles. The Labute approximate surface area is 171 Å². The summed E-state index contributed by atoms with van der Waals surface area (Å²) in [5, 5.41) is 6.58. The van der Waals surface area contributed by atoms with E-state index in [4.69, 9.17) is 11.6 Å². The van der Waals surface area contributed by atoms with Crippen molar-refractivity contribution in [3.8, 4) is 0 Å². The number of methoxy groups -OCH3 is 1. The van der Waals surface area contributed by atoms with Crippen LogP contribution in [0.15, 0.2) is 48.7 Å². The van der Waals surface area contributed by atoms with Gasteiger partial charge in [0.15, 0.2) is 5.13 Å². The molecule has 28 heavy (non-hydrogen) atoms. The van der Waals surface area contributed by atoms with E-state index in [0.29, 0.717) is 22.8 Å². The maximum Gasteiger partial charge on any atom is 0.411 e. The molecule has 3 aromatic rings. The third-order valence-corrected chi connectivity index (χ3v) is 5.29. The van der Waals surface area contributed by atoms with Crippen LogP contribution in [0.1, 0.15) is 26.4 Å². The second kappa shape index (κ2) is 8.86. The summed E-state index contributed by atoms with van der Waals surface area (Å²) in [4.78, 5) is 28.8. The number of amides is 2. The molecule has 0 fully saturated rings. The highest BCUT2D eigenvalue weighted by atomic mass is 35.5. The minimum Gasteiger partial charge on any atom is -0.453 e. The molecule has 6 nitrogen and oxygen atoms in total. The van der Waals surface area contributed by atoms with Crippen LogP contribution in [0.2, 0.25) is 5.02 Å². The minimum absolute atomic E-state index is 0.274. The molecule has 8 heteroatoms. The summed E-state index contributed by atoms with van der Waals surface area (Å²) in [6.45, 7) is 1.96. The number of halogens is 1. The van der Waals surface area contributed by atoms with Gasteiger partial charge >= 0.3 is 6.09 Å². The van der Waals surface area contributed by atoms with Crippen LogP contribution in [0.25, 0.3) is 0 Å². The minimum atomic E-state index is -0.567. The Morgan fingerprint density at radius 1 is 1.14 bits per heavy atom. The highest BCUT2D eigenvalue weighted by Gasteiger charge is 2.10. The molecular formula is C20H18ClN3O3S. The van der Waals surface area contributed by atoms with Crippen LogP contribution < -0.4 is 10.6 Å². The number of ether oxygens (including phenoxy) is 1. The maximum atomic E-state index is 12.4. The molecule has 144 valence electrons. The highest BCUT2D eigenvalue weighted by molar-refractivity contribution is 7.15. The molecule has 0 spiro atoms. The summed E-state index contributed by atoms with van der Waals surface area (Å²) in [7, 11) is 1.28. The van der Waals surface area contributed by atoms with E-state index < -0.39 is 6.09 Å². The van der Waals surface area contributed by atoms with Crippen LogP contribution in [0.5, 0.6) is 0 Å². The number of aryl methyl sites for hydroxylation is 1. The molecule has 0 unspecified atom stereocenters. The summed E-state index contributed by atoms with van der Waals surface area (Å²) >= 11 is 7.59. The van der Waals surface area contributed by atoms with Gasteiger partial charge in [-0.05, 0) is 48.4 Å². The van der Waals surface area contributed by atoms with Gasteiger partial charge in [0.25, 0.3) is 5.91 Å². The summed E-state index contributed by atoms with van der Waals surface area (Å²) < 4.78 is 4.52. The Kier molecular flexibility index (Phi) is 6.28. The van der Waals surface area contributed by atoms with Crippen LogP contribution in [0.3, 0.4) is 0 Å². The lowest BCUT2D eigenvalue weighted by atomic mass is 10.1. The number of thiazole rings is 1. The summed E-state index contributed by atoms with van der Waals surface area (Å²) in [5.41, 5.74) is 3.12. The van der Waals surface area contributed by atoms with Crippen molar-refractivity contribution in [1.29, 1.82) is 0 Å². The topological polar surface area (TPSA) is 80.3 Å². The van der Waals surface area contributed by atoms with Gasteiger partial charge in [-0.2, -0.15) is 0 Å². The molecule has 2 N–H and O–H groups in total. The second-order valence-electron chi connectivity index (χ2n) is 6.04. The van der Waals surface area contributed by atoms with Crippen molar-refractivity contribution in [2.45, 2.75) is 13.3 Å². The van der Waals surface area contributed by atoms with Gasteiger partial charge in [0.05, 0.1) is 7.11 Å². The molecule has 1 heterocycles. The standard InChI is InChI=1S/C20H18ClN3O3S/c1-12-3-4-13(10-17(12)21)9-16-11-22-19(28-16)24-18(25)14-5-7-15(8-6-14)23-20(26)27-2/h3-8,10-11H,9H2,1-2H3,(H,23,26)(H,22,24,25). The normalized spacial score (nSPS) is 10.4. The largest absolute Gasteiger partial charge is 0.453 e. The van der Waals surface area contributed by atoms with E-state index in [1.54, 1.807) is 30.5 Å². The number of benzene rings is 2. The Balaban J connectivity index is 1.61. The smallest absolute Gasteiger partial charge is 0.411 e. The van der Waals surface area contributed by atoms with Gasteiger partial charge in [0, 0.05) is 33.8 Å². The first kappa shape index (κ1) is 19.9. The lowest BCUT2D eigenvalue weighted by Crippen LogP contribution is -2.13. The van der Waals surface area contributed by atoms with Gasteiger partial charge < -0.3 is 4.74 Å². The molecule has 0 atom stereocenters. The Hall–Kier alpha value is -2.90. The summed E-state index contributed by atoms with van der Waals surface area (Å²) in [5.74, 6) is -0.274. The quantitative estimate of drug-likeness (QED) is 0.605. The van der Waals surface area contributed by atoms with Crippen LogP contribution in [-0.2, 0) is 11.2 Å². The fourth-order valence-electron chi connectivity index (χ4n) is 2.44. The number of hydrogen-bond acceptors (Lipinski definition) is 5. The van der Waals surface area contributed by atoms with E-state index in [9.17, 15) is 9.59 Å². The molecular weight excluding hydrogens is 398 g/mol. The second-order valence-corrected chi connectivity index (χ2v) is 7.56. The van der Waals surface area contributed by atoms with Crippen molar-refractivity contribution < 1.29 is 14.3 Å². The summed E-state index contributed by atoms with van der Waals surface area (Å²) in [6.07, 6.45) is 1.88. The number of anilines is 2. The van der Waals surface area contributed by atoms with Crippen LogP contribution in [-0.4, -0.2) is 24.1 Å². The molecule has 3 rings (SSSR count). The zero-order valence-electron chi connectivity index (χ0n) is 15.3. The average molecular weight is 416 g/mol. The van der Waals surface area contributed by atoms with Crippen molar-refractivity contribution in [1.82, 2.24) is 4.98 Å². The maximum absolute atomic E-state index is 12.4. The highest BCUT2D eigenvalue weighted by Crippen LogP contribution is 2.24. The van der Waals surface area contributed by atoms with E-state index in [1.807, 2.05) is 25.1 Å². The number of rotatable bonds is 5. The van der Waals surface area contributed by atoms with Gasteiger partial charge in [0.1, 0.15) is 0 Å². The lowest BCUT2D eigenvalue weighted by molar-refractivity contribution is 0.102. The third kappa shape index (κ3) is 5.09. The van der Waals surface area contributed by atoms with Gasteiger partial charge in [0.2, 0.25) is 0 Å². The van der Waals surface area contributed by atoms with Crippen molar-refractivity contribution >= 4 is 45.8 Å². The first-order valence-electron chi connectivity index (χ1n) is 8.40. The number of nitrogens with one attached hydrogen (secondary N) is 2. The van der Waals surface area contributed by atoms with E-state index in [0.717, 1.165) is 21.0 Å². The molecule has 1 aromatic heterocycles. The Morgan fingerprint density at radius 3 is 2.57 bits per heavy atom. The SMILES string of the molecule is COC(=O)Nc1ccc(C(=O)Nc2ncc(Cc3ccc(C)c(Cl)c3)s2)cc1. The zero-order valence-corrected chi connectivity index (χ0v) is 16.9. The molecule has 2 amide bonds.